The van der Waals surface area contributed by atoms with Crippen molar-refractivity contribution < 1.29 is 9.53 Å². The summed E-state index contributed by atoms with van der Waals surface area (Å²) >= 11 is 7.80. The van der Waals surface area contributed by atoms with Crippen LogP contribution in [-0.2, 0) is 16.1 Å². The fourth-order valence-electron chi connectivity index (χ4n) is 3.32. The number of morpholine rings is 1. The summed E-state index contributed by atoms with van der Waals surface area (Å²) in [6.45, 7) is 7.79. The van der Waals surface area contributed by atoms with Crippen LogP contribution in [0.3, 0.4) is 0 Å². The fourth-order valence-corrected chi connectivity index (χ4v) is 4.56. The fraction of sp³-hybridized carbons (Fsp3) is 0.455. The van der Waals surface area contributed by atoms with Gasteiger partial charge in [0.2, 0.25) is 5.91 Å². The number of ether oxygens (including phenoxy) is 1. The van der Waals surface area contributed by atoms with Crippen molar-refractivity contribution in [3.63, 3.8) is 0 Å². The minimum atomic E-state index is -0.208. The van der Waals surface area contributed by atoms with E-state index in [2.05, 4.69) is 9.88 Å². The number of halogens is 1. The predicted molar refractivity (Wildman–Crippen MR) is 118 cm³/mol. The smallest absolute Gasteiger partial charge is 0.236 e. The minimum absolute atomic E-state index is 0.133. The van der Waals surface area contributed by atoms with E-state index in [1.165, 1.54) is 11.8 Å². The van der Waals surface area contributed by atoms with E-state index in [1.807, 2.05) is 48.2 Å². The lowest BCUT2D eigenvalue weighted by molar-refractivity contribution is -0.131. The second-order valence-corrected chi connectivity index (χ2v) is 8.90. The van der Waals surface area contributed by atoms with Crippen LogP contribution in [0.4, 0.5) is 0 Å². The number of carbonyl (C=O) groups excluding carboxylic acids is 1. The van der Waals surface area contributed by atoms with Crippen molar-refractivity contribution in [1.82, 2.24) is 14.8 Å². The van der Waals surface area contributed by atoms with Crippen molar-refractivity contribution in [1.29, 1.82) is 0 Å². The van der Waals surface area contributed by atoms with Gasteiger partial charge in [0.05, 0.1) is 23.5 Å². The van der Waals surface area contributed by atoms with Gasteiger partial charge in [-0.15, -0.1) is 11.8 Å². The average molecular weight is 434 g/mol. The first-order valence-corrected chi connectivity index (χ1v) is 11.3. The van der Waals surface area contributed by atoms with Gasteiger partial charge < -0.3 is 9.64 Å². The van der Waals surface area contributed by atoms with Crippen molar-refractivity contribution in [2.45, 2.75) is 30.0 Å². The molecule has 0 spiro atoms. The number of amides is 1. The quantitative estimate of drug-likeness (QED) is 0.560. The van der Waals surface area contributed by atoms with Gasteiger partial charge in [0, 0.05) is 50.0 Å². The highest BCUT2D eigenvalue weighted by atomic mass is 35.5. The van der Waals surface area contributed by atoms with E-state index >= 15 is 0 Å². The van der Waals surface area contributed by atoms with Crippen LogP contribution in [0.2, 0.25) is 5.02 Å². The second kappa shape index (κ2) is 11.6. The zero-order valence-corrected chi connectivity index (χ0v) is 18.4. The molecule has 2 heterocycles. The van der Waals surface area contributed by atoms with Gasteiger partial charge in [-0.25, -0.2) is 0 Å². The van der Waals surface area contributed by atoms with Crippen LogP contribution in [-0.4, -0.2) is 65.3 Å². The van der Waals surface area contributed by atoms with Crippen molar-refractivity contribution >= 4 is 29.3 Å². The lowest BCUT2D eigenvalue weighted by atomic mass is 10.2. The number of hydrogen-bond donors (Lipinski definition) is 0. The van der Waals surface area contributed by atoms with Crippen LogP contribution in [0.15, 0.2) is 53.7 Å². The van der Waals surface area contributed by atoms with Crippen molar-refractivity contribution in [3.05, 3.63) is 59.4 Å². The largest absolute Gasteiger partial charge is 0.379 e. The molecule has 156 valence electrons. The van der Waals surface area contributed by atoms with Crippen molar-refractivity contribution in [3.8, 4) is 0 Å². The Kier molecular flexibility index (Phi) is 8.80. The topological polar surface area (TPSA) is 45.7 Å². The average Bonchev–Trinajstić information content (AvgIpc) is 2.75. The molecule has 3 rings (SSSR count). The molecule has 0 N–H and O–H groups in total. The monoisotopic (exact) mass is 433 g/mol. The van der Waals surface area contributed by atoms with Crippen molar-refractivity contribution in [2.75, 3.05) is 39.4 Å². The summed E-state index contributed by atoms with van der Waals surface area (Å²) in [6.07, 6.45) is 4.49. The third-order valence-corrected chi connectivity index (χ3v) is 6.54. The van der Waals surface area contributed by atoms with Crippen LogP contribution in [0, 0.1) is 0 Å². The highest BCUT2D eigenvalue weighted by Crippen LogP contribution is 2.31. The SMILES string of the molecule is CC(Sc1ccccc1Cl)C(=O)N(CCCN1CCOCC1)Cc1ccncc1. The maximum Gasteiger partial charge on any atom is 0.236 e. The van der Waals surface area contributed by atoms with E-state index in [0.717, 1.165) is 56.3 Å². The number of hydrogen-bond acceptors (Lipinski definition) is 5. The normalized spacial score (nSPS) is 15.8. The maximum atomic E-state index is 13.3. The molecule has 5 nitrogen and oxygen atoms in total. The Balaban J connectivity index is 1.62. The standard InChI is InChI=1S/C22H28ClN3O2S/c1-18(29-21-6-3-2-5-20(21)23)22(27)26(17-19-7-9-24-10-8-19)12-4-11-25-13-15-28-16-14-25/h2-3,5-10,18H,4,11-17H2,1H3. The number of aromatic nitrogens is 1. The molecule has 1 aliphatic rings. The third-order valence-electron chi connectivity index (χ3n) is 4.93. The highest BCUT2D eigenvalue weighted by Gasteiger charge is 2.23. The van der Waals surface area contributed by atoms with Crippen LogP contribution < -0.4 is 0 Å². The Morgan fingerprint density at radius 3 is 2.69 bits per heavy atom. The molecule has 1 aromatic carbocycles. The molecule has 1 aromatic heterocycles. The van der Waals surface area contributed by atoms with Gasteiger partial charge in [0.25, 0.3) is 0 Å². The molecule has 2 aromatic rings. The van der Waals surface area contributed by atoms with E-state index in [0.29, 0.717) is 11.6 Å². The van der Waals surface area contributed by atoms with Gasteiger partial charge in [-0.05, 0) is 43.2 Å². The lowest BCUT2D eigenvalue weighted by Crippen LogP contribution is -2.40. The number of rotatable bonds is 9. The van der Waals surface area contributed by atoms with E-state index < -0.39 is 0 Å². The van der Waals surface area contributed by atoms with Gasteiger partial charge >= 0.3 is 0 Å². The minimum Gasteiger partial charge on any atom is -0.379 e. The van der Waals surface area contributed by atoms with E-state index in [4.69, 9.17) is 16.3 Å². The Hall–Kier alpha value is -1.60. The van der Waals surface area contributed by atoms with Crippen LogP contribution in [0.1, 0.15) is 18.9 Å². The first kappa shape index (κ1) is 22.1. The molecule has 0 aliphatic carbocycles. The second-order valence-electron chi connectivity index (χ2n) is 7.11. The van der Waals surface area contributed by atoms with Crippen LogP contribution in [0.5, 0.6) is 0 Å². The molecule has 1 unspecified atom stereocenters. The Morgan fingerprint density at radius 1 is 1.24 bits per heavy atom. The van der Waals surface area contributed by atoms with E-state index in [1.54, 1.807) is 12.4 Å². The molecule has 1 aliphatic heterocycles. The highest BCUT2D eigenvalue weighted by molar-refractivity contribution is 8.00. The van der Waals surface area contributed by atoms with Gasteiger partial charge in [0.1, 0.15) is 0 Å². The summed E-state index contributed by atoms with van der Waals surface area (Å²) in [5.41, 5.74) is 1.09. The first-order valence-electron chi connectivity index (χ1n) is 10.0. The lowest BCUT2D eigenvalue weighted by Gasteiger charge is -2.29. The number of carbonyl (C=O) groups is 1. The zero-order valence-electron chi connectivity index (χ0n) is 16.8. The molecular formula is C22H28ClN3O2S. The molecule has 0 saturated carbocycles. The summed E-state index contributed by atoms with van der Waals surface area (Å²) < 4.78 is 5.42. The Morgan fingerprint density at radius 2 is 1.97 bits per heavy atom. The summed E-state index contributed by atoms with van der Waals surface area (Å²) in [4.78, 5) is 22.6. The molecular weight excluding hydrogens is 406 g/mol. The van der Waals surface area contributed by atoms with Gasteiger partial charge in [0.15, 0.2) is 0 Å². The van der Waals surface area contributed by atoms with Crippen LogP contribution >= 0.6 is 23.4 Å². The number of nitrogens with zero attached hydrogens (tertiary/aromatic N) is 3. The van der Waals surface area contributed by atoms with E-state index in [9.17, 15) is 4.79 Å². The van der Waals surface area contributed by atoms with E-state index in [-0.39, 0.29) is 11.2 Å². The van der Waals surface area contributed by atoms with Crippen LogP contribution in [0.25, 0.3) is 0 Å². The molecule has 0 bridgehead atoms. The molecule has 29 heavy (non-hydrogen) atoms. The Bertz CT molecular complexity index is 772. The summed E-state index contributed by atoms with van der Waals surface area (Å²) in [7, 11) is 0. The first-order chi connectivity index (χ1) is 14.1. The molecule has 1 atom stereocenters. The van der Waals surface area contributed by atoms with Crippen molar-refractivity contribution in [2.24, 2.45) is 0 Å². The molecule has 7 heteroatoms. The van der Waals surface area contributed by atoms with Gasteiger partial charge in [-0.1, -0.05) is 23.7 Å². The molecule has 1 fully saturated rings. The summed E-state index contributed by atoms with van der Waals surface area (Å²) in [6, 6.07) is 11.6. The maximum absolute atomic E-state index is 13.3. The summed E-state index contributed by atoms with van der Waals surface area (Å²) in [5.74, 6) is 0.133. The summed E-state index contributed by atoms with van der Waals surface area (Å²) in [5, 5.41) is 0.477. The number of thioether (sulfide) groups is 1. The predicted octanol–water partition coefficient (Wildman–Crippen LogP) is 3.97. The van der Waals surface area contributed by atoms with Gasteiger partial charge in [-0.3, -0.25) is 14.7 Å². The third kappa shape index (κ3) is 7.00. The Labute approximate surface area is 182 Å². The molecule has 1 saturated heterocycles. The number of pyridine rings is 1. The van der Waals surface area contributed by atoms with Gasteiger partial charge in [-0.2, -0.15) is 0 Å². The molecule has 1 amide bonds. The number of benzene rings is 1. The zero-order chi connectivity index (χ0) is 20.5. The molecule has 0 radical (unpaired) electrons.